The van der Waals surface area contributed by atoms with Crippen molar-refractivity contribution in [2.24, 2.45) is 5.73 Å². The molecule has 2 fully saturated rings. The van der Waals surface area contributed by atoms with E-state index in [2.05, 4.69) is 0 Å². The van der Waals surface area contributed by atoms with Crippen LogP contribution in [0, 0.1) is 0 Å². The lowest BCUT2D eigenvalue weighted by Crippen LogP contribution is -2.43. The van der Waals surface area contributed by atoms with Crippen LogP contribution in [0.1, 0.15) is 38.5 Å². The highest BCUT2D eigenvalue weighted by Gasteiger charge is 2.39. The maximum atomic E-state index is 12.6. The number of rotatable bonds is 5. The van der Waals surface area contributed by atoms with Gasteiger partial charge in [-0.3, -0.25) is 0 Å². The summed E-state index contributed by atoms with van der Waals surface area (Å²) in [4.78, 5) is 0. The summed E-state index contributed by atoms with van der Waals surface area (Å²) in [6, 6.07) is 0.182. The second-order valence-electron chi connectivity index (χ2n) is 5.19. The molecule has 2 aliphatic heterocycles. The lowest BCUT2D eigenvalue weighted by atomic mass is 10.1. The van der Waals surface area contributed by atoms with Crippen LogP contribution in [0.2, 0.25) is 0 Å². The standard InChI is InChI=1S/C12H24N2O3S/c13-7-1-3-11-4-2-8-14(11)18(15,16)12-5-9-17-10-6-12/h11-12H,1-10,13H2. The van der Waals surface area contributed by atoms with Crippen LogP contribution >= 0.6 is 0 Å². The van der Waals surface area contributed by atoms with E-state index in [0.717, 1.165) is 25.7 Å². The molecular weight excluding hydrogens is 252 g/mol. The minimum atomic E-state index is -3.13. The smallest absolute Gasteiger partial charge is 0.217 e. The lowest BCUT2D eigenvalue weighted by Gasteiger charge is -2.30. The Morgan fingerprint density at radius 2 is 1.94 bits per heavy atom. The van der Waals surface area contributed by atoms with Gasteiger partial charge in [-0.2, -0.15) is 4.31 Å². The van der Waals surface area contributed by atoms with Crippen LogP contribution in [0.25, 0.3) is 0 Å². The van der Waals surface area contributed by atoms with Gasteiger partial charge in [-0.25, -0.2) is 8.42 Å². The number of ether oxygens (including phenoxy) is 1. The molecule has 0 aromatic carbocycles. The molecule has 18 heavy (non-hydrogen) atoms. The van der Waals surface area contributed by atoms with E-state index in [-0.39, 0.29) is 11.3 Å². The van der Waals surface area contributed by atoms with E-state index in [9.17, 15) is 8.42 Å². The fourth-order valence-electron chi connectivity index (χ4n) is 2.95. The van der Waals surface area contributed by atoms with Gasteiger partial charge in [0, 0.05) is 25.8 Å². The summed E-state index contributed by atoms with van der Waals surface area (Å²) < 4.78 is 32.2. The fourth-order valence-corrected chi connectivity index (χ4v) is 5.13. The lowest BCUT2D eigenvalue weighted by molar-refractivity contribution is 0.0970. The van der Waals surface area contributed by atoms with E-state index >= 15 is 0 Å². The molecule has 0 aromatic heterocycles. The third kappa shape index (κ3) is 3.04. The predicted octanol–water partition coefficient (Wildman–Crippen LogP) is 0.699. The molecule has 0 aliphatic carbocycles. The van der Waals surface area contributed by atoms with E-state index < -0.39 is 10.0 Å². The zero-order valence-electron chi connectivity index (χ0n) is 10.9. The van der Waals surface area contributed by atoms with Gasteiger partial charge in [0.2, 0.25) is 10.0 Å². The molecule has 1 atom stereocenters. The van der Waals surface area contributed by atoms with Gasteiger partial charge in [0.1, 0.15) is 0 Å². The molecule has 6 heteroatoms. The van der Waals surface area contributed by atoms with Crippen molar-refractivity contribution in [2.75, 3.05) is 26.3 Å². The number of hydrogen-bond donors (Lipinski definition) is 1. The summed E-state index contributed by atoms with van der Waals surface area (Å²) in [7, 11) is -3.13. The SMILES string of the molecule is NCCCC1CCCN1S(=O)(=O)C1CCOCC1. The van der Waals surface area contributed by atoms with Crippen molar-refractivity contribution in [1.29, 1.82) is 0 Å². The molecule has 0 bridgehead atoms. The maximum Gasteiger partial charge on any atom is 0.217 e. The predicted molar refractivity (Wildman–Crippen MR) is 70.8 cm³/mol. The molecule has 0 aromatic rings. The Morgan fingerprint density at radius 1 is 1.22 bits per heavy atom. The first-order chi connectivity index (χ1) is 8.66. The van der Waals surface area contributed by atoms with E-state index in [4.69, 9.17) is 10.5 Å². The van der Waals surface area contributed by atoms with E-state index in [1.807, 2.05) is 0 Å². The molecule has 106 valence electrons. The molecule has 1 unspecified atom stereocenters. The van der Waals surface area contributed by atoms with Gasteiger partial charge in [-0.1, -0.05) is 0 Å². The first-order valence-electron chi connectivity index (χ1n) is 6.94. The first kappa shape index (κ1) is 14.2. The van der Waals surface area contributed by atoms with Crippen molar-refractivity contribution in [1.82, 2.24) is 4.31 Å². The van der Waals surface area contributed by atoms with E-state index in [1.54, 1.807) is 4.31 Å². The summed E-state index contributed by atoms with van der Waals surface area (Å²) in [5.74, 6) is 0. The second-order valence-corrected chi connectivity index (χ2v) is 7.36. The maximum absolute atomic E-state index is 12.6. The van der Waals surface area contributed by atoms with Gasteiger partial charge < -0.3 is 10.5 Å². The summed E-state index contributed by atoms with van der Waals surface area (Å²) in [6.07, 6.45) is 5.06. The quantitative estimate of drug-likeness (QED) is 0.802. The average molecular weight is 276 g/mol. The van der Waals surface area contributed by atoms with Crippen LogP contribution in [-0.4, -0.2) is 50.3 Å². The van der Waals surface area contributed by atoms with Crippen molar-refractivity contribution in [3.8, 4) is 0 Å². The highest BCUT2D eigenvalue weighted by Crippen LogP contribution is 2.29. The number of nitrogens with two attached hydrogens (primary N) is 1. The average Bonchev–Trinajstić information content (AvgIpc) is 2.86. The van der Waals surface area contributed by atoms with Crippen molar-refractivity contribution in [3.05, 3.63) is 0 Å². The Balaban J connectivity index is 2.03. The van der Waals surface area contributed by atoms with E-state index in [0.29, 0.717) is 39.1 Å². The van der Waals surface area contributed by atoms with Crippen LogP contribution in [-0.2, 0) is 14.8 Å². The summed E-state index contributed by atoms with van der Waals surface area (Å²) in [5.41, 5.74) is 5.52. The van der Waals surface area contributed by atoms with Gasteiger partial charge in [0.15, 0.2) is 0 Å². The van der Waals surface area contributed by atoms with Gasteiger partial charge in [0.05, 0.1) is 5.25 Å². The summed E-state index contributed by atoms with van der Waals surface area (Å²) in [6.45, 7) is 2.48. The summed E-state index contributed by atoms with van der Waals surface area (Å²) in [5, 5.41) is -0.232. The van der Waals surface area contributed by atoms with Crippen LogP contribution in [0.15, 0.2) is 0 Å². The Hall–Kier alpha value is -0.170. The normalized spacial score (nSPS) is 27.7. The highest BCUT2D eigenvalue weighted by atomic mass is 32.2. The zero-order valence-corrected chi connectivity index (χ0v) is 11.7. The Labute approximate surface area is 110 Å². The number of nitrogens with zero attached hydrogens (tertiary/aromatic N) is 1. The van der Waals surface area contributed by atoms with E-state index in [1.165, 1.54) is 0 Å². The van der Waals surface area contributed by atoms with Gasteiger partial charge in [-0.05, 0) is 45.1 Å². The number of hydrogen-bond acceptors (Lipinski definition) is 4. The fraction of sp³-hybridized carbons (Fsp3) is 1.00. The van der Waals surface area contributed by atoms with Gasteiger partial charge in [0.25, 0.3) is 0 Å². The molecule has 2 heterocycles. The van der Waals surface area contributed by atoms with Crippen molar-refractivity contribution < 1.29 is 13.2 Å². The third-order valence-corrected chi connectivity index (χ3v) is 6.43. The highest BCUT2D eigenvalue weighted by molar-refractivity contribution is 7.89. The zero-order chi connectivity index (χ0) is 13.0. The van der Waals surface area contributed by atoms with Gasteiger partial charge >= 0.3 is 0 Å². The van der Waals surface area contributed by atoms with Crippen LogP contribution in [0.4, 0.5) is 0 Å². The molecule has 0 amide bonds. The van der Waals surface area contributed by atoms with Crippen molar-refractivity contribution >= 4 is 10.0 Å². The molecule has 2 saturated heterocycles. The number of sulfonamides is 1. The molecule has 0 spiro atoms. The second kappa shape index (κ2) is 6.32. The molecule has 2 N–H and O–H groups in total. The van der Waals surface area contributed by atoms with Crippen LogP contribution in [0.5, 0.6) is 0 Å². The molecule has 0 saturated carbocycles. The third-order valence-electron chi connectivity index (χ3n) is 3.98. The Morgan fingerprint density at radius 3 is 2.61 bits per heavy atom. The minimum Gasteiger partial charge on any atom is -0.381 e. The molecule has 0 radical (unpaired) electrons. The summed E-state index contributed by atoms with van der Waals surface area (Å²) >= 11 is 0. The van der Waals surface area contributed by atoms with Crippen LogP contribution in [0.3, 0.4) is 0 Å². The van der Waals surface area contributed by atoms with Crippen molar-refractivity contribution in [3.63, 3.8) is 0 Å². The first-order valence-corrected chi connectivity index (χ1v) is 8.45. The van der Waals surface area contributed by atoms with Crippen LogP contribution < -0.4 is 5.73 Å². The monoisotopic (exact) mass is 276 g/mol. The Kier molecular flexibility index (Phi) is 5.00. The largest absolute Gasteiger partial charge is 0.381 e. The van der Waals surface area contributed by atoms with Gasteiger partial charge in [-0.15, -0.1) is 0 Å². The molecule has 5 nitrogen and oxygen atoms in total. The van der Waals surface area contributed by atoms with Crippen molar-refractivity contribution in [2.45, 2.75) is 49.8 Å². The Bertz CT molecular complexity index is 352. The minimum absolute atomic E-state index is 0.182. The molecular formula is C12H24N2O3S. The topological polar surface area (TPSA) is 72.6 Å². The molecule has 2 aliphatic rings. The molecule has 2 rings (SSSR count).